The second kappa shape index (κ2) is 9.63. The van der Waals surface area contributed by atoms with Gasteiger partial charge in [-0.25, -0.2) is 9.97 Å². The molecule has 2 aromatic rings. The highest BCUT2D eigenvalue weighted by Gasteiger charge is 2.10. The molecule has 0 aliphatic rings. The Labute approximate surface area is 159 Å². The molecule has 2 amide bonds. The summed E-state index contributed by atoms with van der Waals surface area (Å²) in [6, 6.07) is 8.84. The summed E-state index contributed by atoms with van der Waals surface area (Å²) in [5, 5.41) is 8.74. The van der Waals surface area contributed by atoms with Crippen molar-refractivity contribution < 1.29 is 9.59 Å². The van der Waals surface area contributed by atoms with E-state index in [2.05, 4.69) is 30.8 Å². The molecule has 1 heterocycles. The van der Waals surface area contributed by atoms with E-state index in [1.807, 2.05) is 26.2 Å². The van der Waals surface area contributed by atoms with Crippen molar-refractivity contribution in [3.8, 4) is 0 Å². The van der Waals surface area contributed by atoms with Crippen molar-refractivity contribution in [2.45, 2.75) is 20.3 Å². The number of nitrogens with zero attached hydrogens (tertiary/aromatic N) is 3. The lowest BCUT2D eigenvalue weighted by atomic mass is 10.2. The molecular weight excluding hydrogens is 344 g/mol. The molecule has 1 aromatic heterocycles. The van der Waals surface area contributed by atoms with Crippen LogP contribution in [0.5, 0.6) is 0 Å². The van der Waals surface area contributed by atoms with Crippen LogP contribution in [0.1, 0.15) is 29.7 Å². The van der Waals surface area contributed by atoms with E-state index in [1.165, 1.54) is 6.92 Å². The number of rotatable bonds is 8. The summed E-state index contributed by atoms with van der Waals surface area (Å²) in [6.45, 7) is 4.70. The summed E-state index contributed by atoms with van der Waals surface area (Å²) in [6.07, 6.45) is 0.870. The lowest BCUT2D eigenvalue weighted by Crippen LogP contribution is -2.28. The van der Waals surface area contributed by atoms with Crippen LogP contribution in [0.25, 0.3) is 0 Å². The minimum atomic E-state index is -0.219. The van der Waals surface area contributed by atoms with Gasteiger partial charge in [-0.3, -0.25) is 9.59 Å². The Morgan fingerprint density at radius 3 is 2.37 bits per heavy atom. The van der Waals surface area contributed by atoms with Gasteiger partial charge < -0.3 is 20.9 Å². The van der Waals surface area contributed by atoms with E-state index in [1.54, 1.807) is 25.1 Å². The van der Waals surface area contributed by atoms with Crippen molar-refractivity contribution in [2.75, 3.05) is 37.8 Å². The number of amides is 2. The van der Waals surface area contributed by atoms with Gasteiger partial charge in [0, 0.05) is 30.9 Å². The fourth-order valence-corrected chi connectivity index (χ4v) is 2.42. The second-order valence-electron chi connectivity index (χ2n) is 6.48. The lowest BCUT2D eigenvalue weighted by Gasteiger charge is -2.11. The van der Waals surface area contributed by atoms with Crippen molar-refractivity contribution in [1.29, 1.82) is 0 Å². The summed E-state index contributed by atoms with van der Waals surface area (Å²) in [5.41, 5.74) is 1.83. The third kappa shape index (κ3) is 7.02. The fourth-order valence-electron chi connectivity index (χ4n) is 2.42. The van der Waals surface area contributed by atoms with E-state index in [0.717, 1.165) is 18.7 Å². The molecule has 8 heteroatoms. The number of carbonyl (C=O) groups is 2. The average molecular weight is 370 g/mol. The Hall–Kier alpha value is -3.00. The first-order chi connectivity index (χ1) is 12.8. The van der Waals surface area contributed by atoms with Gasteiger partial charge in [0.2, 0.25) is 5.91 Å². The average Bonchev–Trinajstić information content (AvgIpc) is 2.59. The first kappa shape index (κ1) is 20.3. The molecule has 0 saturated heterocycles. The SMILES string of the molecule is CC(=O)Nc1ccc(Nc2cc(C(=O)NCCCN(C)C)nc(C)n2)cc1. The van der Waals surface area contributed by atoms with E-state index < -0.39 is 0 Å². The molecule has 0 radical (unpaired) electrons. The quantitative estimate of drug-likeness (QED) is 0.616. The molecule has 0 atom stereocenters. The predicted molar refractivity (Wildman–Crippen MR) is 106 cm³/mol. The molecule has 144 valence electrons. The zero-order valence-electron chi connectivity index (χ0n) is 16.2. The van der Waals surface area contributed by atoms with Crippen molar-refractivity contribution in [3.63, 3.8) is 0 Å². The van der Waals surface area contributed by atoms with E-state index in [0.29, 0.717) is 29.6 Å². The molecule has 0 aliphatic carbocycles. The van der Waals surface area contributed by atoms with Crippen LogP contribution in [0.3, 0.4) is 0 Å². The Morgan fingerprint density at radius 1 is 1.07 bits per heavy atom. The van der Waals surface area contributed by atoms with Gasteiger partial charge in [-0.05, 0) is 58.3 Å². The van der Waals surface area contributed by atoms with Crippen LogP contribution in [-0.2, 0) is 4.79 Å². The number of aryl methyl sites for hydroxylation is 1. The number of hydrogen-bond acceptors (Lipinski definition) is 6. The number of hydrogen-bond donors (Lipinski definition) is 3. The minimum absolute atomic E-state index is 0.122. The van der Waals surface area contributed by atoms with Crippen LogP contribution in [0, 0.1) is 6.92 Å². The van der Waals surface area contributed by atoms with Crippen molar-refractivity contribution in [2.24, 2.45) is 0 Å². The highest BCUT2D eigenvalue weighted by molar-refractivity contribution is 5.93. The first-order valence-electron chi connectivity index (χ1n) is 8.77. The zero-order chi connectivity index (χ0) is 19.8. The molecule has 0 unspecified atom stereocenters. The van der Waals surface area contributed by atoms with Crippen LogP contribution >= 0.6 is 0 Å². The second-order valence-corrected chi connectivity index (χ2v) is 6.48. The third-order valence-electron chi connectivity index (χ3n) is 3.62. The van der Waals surface area contributed by atoms with E-state index in [9.17, 15) is 9.59 Å². The molecule has 27 heavy (non-hydrogen) atoms. The number of aromatic nitrogens is 2. The van der Waals surface area contributed by atoms with Gasteiger partial charge in [0.05, 0.1) is 0 Å². The maximum Gasteiger partial charge on any atom is 0.270 e. The van der Waals surface area contributed by atoms with Gasteiger partial charge in [-0.1, -0.05) is 0 Å². The Balaban J connectivity index is 2.01. The Morgan fingerprint density at radius 2 is 1.74 bits per heavy atom. The number of carbonyl (C=O) groups excluding carboxylic acids is 2. The van der Waals surface area contributed by atoms with Crippen molar-refractivity contribution >= 4 is 29.0 Å². The van der Waals surface area contributed by atoms with Crippen LogP contribution in [0.2, 0.25) is 0 Å². The van der Waals surface area contributed by atoms with Crippen LogP contribution in [0.15, 0.2) is 30.3 Å². The van der Waals surface area contributed by atoms with Crippen LogP contribution in [-0.4, -0.2) is 53.9 Å². The number of anilines is 3. The van der Waals surface area contributed by atoms with Gasteiger partial charge >= 0.3 is 0 Å². The highest BCUT2D eigenvalue weighted by atomic mass is 16.2. The Bertz CT molecular complexity index is 789. The van der Waals surface area contributed by atoms with Crippen molar-refractivity contribution in [1.82, 2.24) is 20.2 Å². The fraction of sp³-hybridized carbons (Fsp3) is 0.368. The Kier molecular flexibility index (Phi) is 7.25. The summed E-state index contributed by atoms with van der Waals surface area (Å²) < 4.78 is 0. The smallest absolute Gasteiger partial charge is 0.270 e. The van der Waals surface area contributed by atoms with E-state index in [4.69, 9.17) is 0 Å². The number of nitrogens with one attached hydrogen (secondary N) is 3. The molecule has 0 aliphatic heterocycles. The molecule has 0 bridgehead atoms. The molecule has 1 aromatic carbocycles. The van der Waals surface area contributed by atoms with Gasteiger partial charge in [0.1, 0.15) is 17.3 Å². The van der Waals surface area contributed by atoms with E-state index >= 15 is 0 Å². The monoisotopic (exact) mass is 370 g/mol. The first-order valence-corrected chi connectivity index (χ1v) is 8.77. The van der Waals surface area contributed by atoms with Crippen molar-refractivity contribution in [3.05, 3.63) is 41.9 Å². The number of benzene rings is 1. The molecule has 2 rings (SSSR count). The molecule has 3 N–H and O–H groups in total. The minimum Gasteiger partial charge on any atom is -0.351 e. The van der Waals surface area contributed by atoms with Crippen LogP contribution < -0.4 is 16.0 Å². The van der Waals surface area contributed by atoms with Gasteiger partial charge in [-0.15, -0.1) is 0 Å². The van der Waals surface area contributed by atoms with Gasteiger partial charge in [0.15, 0.2) is 0 Å². The summed E-state index contributed by atoms with van der Waals surface area (Å²) in [7, 11) is 3.99. The predicted octanol–water partition coefficient (Wildman–Crippen LogP) is 2.17. The molecule has 0 saturated carbocycles. The standard InChI is InChI=1S/C19H26N6O2/c1-13-21-17(19(27)20-10-5-11-25(3)4)12-18(22-13)24-16-8-6-15(7-9-16)23-14(2)26/h6-9,12H,5,10-11H2,1-4H3,(H,20,27)(H,23,26)(H,21,22,24). The normalized spacial score (nSPS) is 10.6. The maximum atomic E-state index is 12.3. The maximum absolute atomic E-state index is 12.3. The molecule has 0 fully saturated rings. The van der Waals surface area contributed by atoms with Gasteiger partial charge in [0.25, 0.3) is 5.91 Å². The third-order valence-corrected chi connectivity index (χ3v) is 3.62. The largest absolute Gasteiger partial charge is 0.351 e. The summed E-state index contributed by atoms with van der Waals surface area (Å²) in [4.78, 5) is 34.0. The topological polar surface area (TPSA) is 99.2 Å². The lowest BCUT2D eigenvalue weighted by molar-refractivity contribution is -0.114. The molecule has 8 nitrogen and oxygen atoms in total. The van der Waals surface area contributed by atoms with E-state index in [-0.39, 0.29) is 11.8 Å². The summed E-state index contributed by atoms with van der Waals surface area (Å²) >= 11 is 0. The summed E-state index contributed by atoms with van der Waals surface area (Å²) in [5.74, 6) is 0.702. The van der Waals surface area contributed by atoms with Crippen LogP contribution in [0.4, 0.5) is 17.2 Å². The molecule has 0 spiro atoms. The zero-order valence-corrected chi connectivity index (χ0v) is 16.2. The molecular formula is C19H26N6O2. The van der Waals surface area contributed by atoms with Gasteiger partial charge in [-0.2, -0.15) is 0 Å². The highest BCUT2D eigenvalue weighted by Crippen LogP contribution is 2.18.